The Balaban J connectivity index is 2.36. The van der Waals surface area contributed by atoms with Crippen LogP contribution in [0.5, 0.6) is 0 Å². The van der Waals surface area contributed by atoms with Gasteiger partial charge in [0.2, 0.25) is 0 Å². The number of aliphatic hydroxyl groups excluding tert-OH is 1. The second kappa shape index (κ2) is 4.63. The van der Waals surface area contributed by atoms with Gasteiger partial charge in [0.15, 0.2) is 0 Å². The van der Waals surface area contributed by atoms with Crippen molar-refractivity contribution >= 4 is 5.57 Å². The van der Waals surface area contributed by atoms with Gasteiger partial charge in [-0.05, 0) is 42.4 Å². The van der Waals surface area contributed by atoms with Crippen molar-refractivity contribution in [2.75, 3.05) is 0 Å². The third kappa shape index (κ3) is 2.29. The van der Waals surface area contributed by atoms with Gasteiger partial charge in [0.1, 0.15) is 0 Å². The van der Waals surface area contributed by atoms with Crippen LogP contribution < -0.4 is 0 Å². The Bertz CT molecular complexity index is 365. The van der Waals surface area contributed by atoms with E-state index in [1.165, 1.54) is 16.7 Å². The molecule has 0 bridgehead atoms. The summed E-state index contributed by atoms with van der Waals surface area (Å²) >= 11 is 0. The van der Waals surface area contributed by atoms with E-state index in [1.54, 1.807) is 0 Å². The molecule has 1 N–H and O–H groups in total. The van der Waals surface area contributed by atoms with Crippen molar-refractivity contribution in [3.8, 4) is 0 Å². The molecular formula is C14H18O. The van der Waals surface area contributed by atoms with E-state index in [0.717, 1.165) is 25.7 Å². The first kappa shape index (κ1) is 10.4. The fourth-order valence-corrected chi connectivity index (χ4v) is 2.27. The quantitative estimate of drug-likeness (QED) is 0.781. The van der Waals surface area contributed by atoms with Gasteiger partial charge in [-0.15, -0.1) is 0 Å². The van der Waals surface area contributed by atoms with E-state index in [-0.39, 0.29) is 6.10 Å². The molecular weight excluding hydrogens is 184 g/mol. The lowest BCUT2D eigenvalue weighted by Crippen LogP contribution is -2.09. The van der Waals surface area contributed by atoms with E-state index in [9.17, 15) is 5.11 Å². The fraction of sp³-hybridized carbons (Fsp3) is 0.429. The molecule has 0 heterocycles. The van der Waals surface area contributed by atoms with E-state index < -0.39 is 0 Å². The van der Waals surface area contributed by atoms with Crippen molar-refractivity contribution in [1.29, 1.82) is 0 Å². The highest BCUT2D eigenvalue weighted by Crippen LogP contribution is 2.29. The van der Waals surface area contributed by atoms with Crippen LogP contribution in [-0.4, -0.2) is 11.2 Å². The molecule has 1 aromatic carbocycles. The van der Waals surface area contributed by atoms with Crippen LogP contribution in [-0.2, 0) is 6.42 Å². The summed E-state index contributed by atoms with van der Waals surface area (Å²) in [4.78, 5) is 0. The average Bonchev–Trinajstić information content (AvgIpc) is 2.29. The van der Waals surface area contributed by atoms with Crippen LogP contribution >= 0.6 is 0 Å². The summed E-state index contributed by atoms with van der Waals surface area (Å²) < 4.78 is 0. The minimum Gasteiger partial charge on any atom is -0.389 e. The summed E-state index contributed by atoms with van der Waals surface area (Å²) in [5.74, 6) is 0. The van der Waals surface area contributed by atoms with Gasteiger partial charge in [-0.3, -0.25) is 0 Å². The zero-order valence-electron chi connectivity index (χ0n) is 9.24. The van der Waals surface area contributed by atoms with Crippen molar-refractivity contribution in [2.24, 2.45) is 0 Å². The number of hydrogen-bond donors (Lipinski definition) is 1. The van der Waals surface area contributed by atoms with E-state index in [4.69, 9.17) is 0 Å². The van der Waals surface area contributed by atoms with Crippen molar-refractivity contribution in [2.45, 2.75) is 38.7 Å². The molecule has 0 aliphatic heterocycles. The first-order chi connectivity index (χ1) is 7.31. The van der Waals surface area contributed by atoms with Gasteiger partial charge in [0.25, 0.3) is 0 Å². The third-order valence-electron chi connectivity index (χ3n) is 3.08. The topological polar surface area (TPSA) is 20.2 Å². The van der Waals surface area contributed by atoms with Gasteiger partial charge in [0.05, 0.1) is 6.10 Å². The first-order valence-electron chi connectivity index (χ1n) is 5.78. The van der Waals surface area contributed by atoms with Crippen LogP contribution in [0, 0.1) is 0 Å². The van der Waals surface area contributed by atoms with E-state index in [0.29, 0.717) is 0 Å². The summed E-state index contributed by atoms with van der Waals surface area (Å²) in [7, 11) is 0. The van der Waals surface area contributed by atoms with Gasteiger partial charge >= 0.3 is 0 Å². The number of aliphatic hydroxyl groups is 1. The molecule has 15 heavy (non-hydrogen) atoms. The summed E-state index contributed by atoms with van der Waals surface area (Å²) in [6, 6.07) is 8.51. The van der Waals surface area contributed by atoms with Crippen LogP contribution in [0.25, 0.3) is 5.57 Å². The molecule has 0 unspecified atom stereocenters. The van der Waals surface area contributed by atoms with Gasteiger partial charge in [0, 0.05) is 0 Å². The Morgan fingerprint density at radius 2 is 2.13 bits per heavy atom. The van der Waals surface area contributed by atoms with E-state index in [2.05, 4.69) is 31.2 Å². The Hall–Kier alpha value is -1.08. The van der Waals surface area contributed by atoms with Gasteiger partial charge in [-0.25, -0.2) is 0 Å². The predicted octanol–water partition coefficient (Wildman–Crippen LogP) is 3.18. The number of hydrogen-bond acceptors (Lipinski definition) is 1. The maximum absolute atomic E-state index is 9.63. The van der Waals surface area contributed by atoms with Crippen molar-refractivity contribution in [3.05, 3.63) is 41.5 Å². The molecule has 2 rings (SSSR count). The fourth-order valence-electron chi connectivity index (χ4n) is 2.27. The van der Waals surface area contributed by atoms with E-state index in [1.807, 2.05) is 6.08 Å². The molecule has 0 saturated heterocycles. The Morgan fingerprint density at radius 3 is 2.87 bits per heavy atom. The molecule has 1 aromatic rings. The van der Waals surface area contributed by atoms with Crippen molar-refractivity contribution in [3.63, 3.8) is 0 Å². The van der Waals surface area contributed by atoms with Gasteiger partial charge in [-0.1, -0.05) is 37.3 Å². The number of benzene rings is 1. The molecule has 0 aromatic heterocycles. The Morgan fingerprint density at radius 1 is 1.33 bits per heavy atom. The molecule has 1 aliphatic rings. The normalized spacial score (nSPS) is 21.2. The van der Waals surface area contributed by atoms with E-state index >= 15 is 0 Å². The highest BCUT2D eigenvalue weighted by molar-refractivity contribution is 5.69. The zero-order valence-corrected chi connectivity index (χ0v) is 9.24. The SMILES string of the molecule is CCc1ccccc1C1=C[C@H](O)CCC1. The molecule has 1 heteroatoms. The summed E-state index contributed by atoms with van der Waals surface area (Å²) in [6.07, 6.45) is 5.97. The molecule has 0 radical (unpaired) electrons. The summed E-state index contributed by atoms with van der Waals surface area (Å²) in [5.41, 5.74) is 4.04. The maximum Gasteiger partial charge on any atom is 0.0726 e. The van der Waals surface area contributed by atoms with Crippen LogP contribution in [0.15, 0.2) is 30.3 Å². The molecule has 1 nitrogen and oxygen atoms in total. The number of allylic oxidation sites excluding steroid dienone is 1. The predicted molar refractivity (Wildman–Crippen MR) is 63.7 cm³/mol. The molecule has 0 amide bonds. The first-order valence-corrected chi connectivity index (χ1v) is 5.78. The minimum atomic E-state index is -0.237. The van der Waals surface area contributed by atoms with Gasteiger partial charge < -0.3 is 5.11 Å². The number of aryl methyl sites for hydroxylation is 1. The standard InChI is InChI=1S/C14H18O/c1-2-11-6-3-4-9-14(11)12-7-5-8-13(15)10-12/h3-4,6,9-10,13,15H,2,5,7-8H2,1H3/t13-/m1/s1. The second-order valence-corrected chi connectivity index (χ2v) is 4.16. The zero-order chi connectivity index (χ0) is 10.7. The van der Waals surface area contributed by atoms with Crippen molar-refractivity contribution in [1.82, 2.24) is 0 Å². The molecule has 1 atom stereocenters. The van der Waals surface area contributed by atoms with Crippen LogP contribution in [0.4, 0.5) is 0 Å². The molecule has 0 saturated carbocycles. The lowest BCUT2D eigenvalue weighted by Gasteiger charge is -2.19. The molecule has 0 fully saturated rings. The van der Waals surface area contributed by atoms with Gasteiger partial charge in [-0.2, -0.15) is 0 Å². The van der Waals surface area contributed by atoms with Crippen LogP contribution in [0.1, 0.15) is 37.3 Å². The smallest absolute Gasteiger partial charge is 0.0726 e. The Labute approximate surface area is 91.4 Å². The minimum absolute atomic E-state index is 0.237. The maximum atomic E-state index is 9.63. The summed E-state index contributed by atoms with van der Waals surface area (Å²) in [5, 5.41) is 9.63. The second-order valence-electron chi connectivity index (χ2n) is 4.16. The Kier molecular flexibility index (Phi) is 3.22. The molecule has 1 aliphatic carbocycles. The van der Waals surface area contributed by atoms with Crippen LogP contribution in [0.3, 0.4) is 0 Å². The van der Waals surface area contributed by atoms with Crippen LogP contribution in [0.2, 0.25) is 0 Å². The molecule has 0 spiro atoms. The third-order valence-corrected chi connectivity index (χ3v) is 3.08. The highest BCUT2D eigenvalue weighted by Gasteiger charge is 2.13. The van der Waals surface area contributed by atoms with Crippen molar-refractivity contribution < 1.29 is 5.11 Å². The highest BCUT2D eigenvalue weighted by atomic mass is 16.3. The number of rotatable bonds is 2. The average molecular weight is 202 g/mol. The lowest BCUT2D eigenvalue weighted by molar-refractivity contribution is 0.206. The lowest BCUT2D eigenvalue weighted by atomic mass is 9.89. The monoisotopic (exact) mass is 202 g/mol. The largest absolute Gasteiger partial charge is 0.389 e. The molecule has 80 valence electrons. The summed E-state index contributed by atoms with van der Waals surface area (Å²) in [6.45, 7) is 2.18.